The first kappa shape index (κ1) is 17.7. The minimum atomic E-state index is -1.09. The Bertz CT molecular complexity index is 804. The lowest BCUT2D eigenvalue weighted by atomic mass is 10.0. The highest BCUT2D eigenvalue weighted by atomic mass is 35.5. The largest absolute Gasteiger partial charge is 0.312 e. The highest BCUT2D eigenvalue weighted by Gasteiger charge is 2.12. The van der Waals surface area contributed by atoms with E-state index in [2.05, 4.69) is 11.4 Å². The van der Waals surface area contributed by atoms with Crippen LogP contribution in [0.15, 0.2) is 78.9 Å². The average Bonchev–Trinajstić information content (AvgIpc) is 2.66. The molecule has 1 N–H and O–H groups in total. The molecule has 1 atom stereocenters. The summed E-state index contributed by atoms with van der Waals surface area (Å²) in [5.74, 6) is 0. The molecule has 1 nitrogen and oxygen atoms in total. The zero-order valence-electron chi connectivity index (χ0n) is 14.0. The summed E-state index contributed by atoms with van der Waals surface area (Å²) in [6.45, 7) is 1.57. The van der Waals surface area contributed by atoms with E-state index in [0.29, 0.717) is 11.1 Å². The maximum absolute atomic E-state index is 14.7. The standard InChI is InChI=1S/C22H21ClFN/c23-21-11-5-6-17(15-21)12-13-25-16-18-7-4-10-20(14-18)22(24)19-8-2-1-3-9-19/h1-11,14-15,22,25H,12-13,16H2. The van der Waals surface area contributed by atoms with E-state index in [9.17, 15) is 4.39 Å². The van der Waals surface area contributed by atoms with Crippen LogP contribution >= 0.6 is 11.6 Å². The minimum Gasteiger partial charge on any atom is -0.312 e. The lowest BCUT2D eigenvalue weighted by Crippen LogP contribution is -2.16. The summed E-state index contributed by atoms with van der Waals surface area (Å²) >= 11 is 6.00. The van der Waals surface area contributed by atoms with Gasteiger partial charge in [0.05, 0.1) is 0 Å². The summed E-state index contributed by atoms with van der Waals surface area (Å²) in [6, 6.07) is 24.9. The monoisotopic (exact) mass is 353 g/mol. The first-order chi connectivity index (χ1) is 12.2. The third-order valence-corrected chi connectivity index (χ3v) is 4.38. The van der Waals surface area contributed by atoms with Crippen molar-refractivity contribution in [3.63, 3.8) is 0 Å². The van der Waals surface area contributed by atoms with E-state index in [0.717, 1.165) is 30.1 Å². The Morgan fingerprint density at radius 1 is 0.800 bits per heavy atom. The van der Waals surface area contributed by atoms with E-state index < -0.39 is 6.17 Å². The fraction of sp³-hybridized carbons (Fsp3) is 0.182. The van der Waals surface area contributed by atoms with Crippen LogP contribution in [0.25, 0.3) is 0 Å². The fourth-order valence-electron chi connectivity index (χ4n) is 2.83. The van der Waals surface area contributed by atoms with Crippen LogP contribution in [0.4, 0.5) is 4.39 Å². The van der Waals surface area contributed by atoms with Crippen molar-refractivity contribution in [2.24, 2.45) is 0 Å². The summed E-state index contributed by atoms with van der Waals surface area (Å²) in [4.78, 5) is 0. The second-order valence-electron chi connectivity index (χ2n) is 6.07. The van der Waals surface area contributed by atoms with Gasteiger partial charge in [0, 0.05) is 11.6 Å². The normalized spacial score (nSPS) is 12.1. The van der Waals surface area contributed by atoms with Crippen molar-refractivity contribution in [1.29, 1.82) is 0 Å². The highest BCUT2D eigenvalue weighted by molar-refractivity contribution is 6.30. The molecule has 0 bridgehead atoms. The first-order valence-electron chi connectivity index (χ1n) is 8.45. The number of hydrogen-bond acceptors (Lipinski definition) is 1. The molecule has 0 aliphatic heterocycles. The number of benzene rings is 3. The molecule has 3 aromatic carbocycles. The average molecular weight is 354 g/mol. The molecule has 0 fully saturated rings. The van der Waals surface area contributed by atoms with E-state index in [1.165, 1.54) is 5.56 Å². The van der Waals surface area contributed by atoms with Crippen LogP contribution in [-0.4, -0.2) is 6.54 Å². The van der Waals surface area contributed by atoms with Crippen molar-refractivity contribution < 1.29 is 4.39 Å². The van der Waals surface area contributed by atoms with Gasteiger partial charge in [0.25, 0.3) is 0 Å². The zero-order valence-corrected chi connectivity index (χ0v) is 14.7. The maximum atomic E-state index is 14.7. The molecule has 0 aliphatic rings. The van der Waals surface area contributed by atoms with E-state index >= 15 is 0 Å². The van der Waals surface area contributed by atoms with Crippen LogP contribution in [0.1, 0.15) is 28.4 Å². The molecule has 3 rings (SSSR count). The molecule has 3 heteroatoms. The lowest BCUT2D eigenvalue weighted by Gasteiger charge is -2.11. The molecule has 25 heavy (non-hydrogen) atoms. The van der Waals surface area contributed by atoms with Crippen LogP contribution in [0.5, 0.6) is 0 Å². The van der Waals surface area contributed by atoms with Crippen molar-refractivity contribution in [3.8, 4) is 0 Å². The Kier molecular flexibility index (Phi) is 6.21. The molecule has 3 aromatic rings. The van der Waals surface area contributed by atoms with E-state index in [4.69, 9.17) is 11.6 Å². The summed E-state index contributed by atoms with van der Waals surface area (Å²) in [5.41, 5.74) is 3.68. The number of halogens is 2. The van der Waals surface area contributed by atoms with Gasteiger partial charge in [-0.25, -0.2) is 4.39 Å². The molecule has 0 saturated carbocycles. The Hall–Kier alpha value is -2.16. The highest BCUT2D eigenvalue weighted by Crippen LogP contribution is 2.26. The predicted octanol–water partition coefficient (Wildman–Crippen LogP) is 5.73. The summed E-state index contributed by atoms with van der Waals surface area (Å²) in [7, 11) is 0. The summed E-state index contributed by atoms with van der Waals surface area (Å²) < 4.78 is 14.7. The van der Waals surface area contributed by atoms with Gasteiger partial charge in [-0.05, 0) is 47.4 Å². The number of alkyl halides is 1. The van der Waals surface area contributed by atoms with E-state index in [-0.39, 0.29) is 0 Å². The molecule has 0 aromatic heterocycles. The molecule has 0 aliphatic carbocycles. The first-order valence-corrected chi connectivity index (χ1v) is 8.83. The Morgan fingerprint density at radius 2 is 1.52 bits per heavy atom. The van der Waals surface area contributed by atoms with Gasteiger partial charge in [-0.15, -0.1) is 0 Å². The number of hydrogen-bond donors (Lipinski definition) is 1. The van der Waals surface area contributed by atoms with Gasteiger partial charge >= 0.3 is 0 Å². The summed E-state index contributed by atoms with van der Waals surface area (Å²) in [5, 5.41) is 4.17. The Morgan fingerprint density at radius 3 is 2.32 bits per heavy atom. The van der Waals surface area contributed by atoms with Gasteiger partial charge in [-0.2, -0.15) is 0 Å². The molecule has 0 amide bonds. The lowest BCUT2D eigenvalue weighted by molar-refractivity contribution is 0.401. The number of rotatable bonds is 7. The second kappa shape index (κ2) is 8.80. The molecule has 0 spiro atoms. The van der Waals surface area contributed by atoms with Crippen LogP contribution in [0, 0.1) is 0 Å². The minimum absolute atomic E-state index is 0.688. The van der Waals surface area contributed by atoms with Gasteiger partial charge in [0.2, 0.25) is 0 Å². The van der Waals surface area contributed by atoms with Crippen molar-refractivity contribution in [3.05, 3.63) is 106 Å². The predicted molar refractivity (Wildman–Crippen MR) is 103 cm³/mol. The quantitative estimate of drug-likeness (QED) is 0.535. The van der Waals surface area contributed by atoms with Crippen molar-refractivity contribution in [2.75, 3.05) is 6.54 Å². The molecule has 0 heterocycles. The third kappa shape index (κ3) is 5.15. The fourth-order valence-corrected chi connectivity index (χ4v) is 3.05. The number of nitrogens with one attached hydrogen (secondary N) is 1. The van der Waals surface area contributed by atoms with Crippen molar-refractivity contribution >= 4 is 11.6 Å². The van der Waals surface area contributed by atoms with Gasteiger partial charge in [0.15, 0.2) is 6.17 Å². The maximum Gasteiger partial charge on any atom is 0.150 e. The smallest absolute Gasteiger partial charge is 0.150 e. The SMILES string of the molecule is FC(c1ccccc1)c1cccc(CNCCc2cccc(Cl)c2)c1. The van der Waals surface area contributed by atoms with Crippen LogP contribution in [0.2, 0.25) is 5.02 Å². The Balaban J connectivity index is 1.55. The third-order valence-electron chi connectivity index (χ3n) is 4.14. The van der Waals surface area contributed by atoms with Gasteiger partial charge in [-0.3, -0.25) is 0 Å². The van der Waals surface area contributed by atoms with Crippen LogP contribution in [0.3, 0.4) is 0 Å². The topological polar surface area (TPSA) is 12.0 Å². The molecule has 0 radical (unpaired) electrons. The van der Waals surface area contributed by atoms with Crippen molar-refractivity contribution in [2.45, 2.75) is 19.1 Å². The summed E-state index contributed by atoms with van der Waals surface area (Å²) in [6.07, 6.45) is -0.177. The van der Waals surface area contributed by atoms with Crippen molar-refractivity contribution in [1.82, 2.24) is 5.32 Å². The van der Waals surface area contributed by atoms with Crippen LogP contribution in [-0.2, 0) is 13.0 Å². The van der Waals surface area contributed by atoms with Crippen LogP contribution < -0.4 is 5.32 Å². The molecule has 0 saturated heterocycles. The van der Waals surface area contributed by atoms with Gasteiger partial charge < -0.3 is 5.32 Å². The molecule has 1 unspecified atom stereocenters. The van der Waals surface area contributed by atoms with E-state index in [1.54, 1.807) is 0 Å². The van der Waals surface area contributed by atoms with E-state index in [1.807, 2.05) is 72.8 Å². The van der Waals surface area contributed by atoms with Gasteiger partial charge in [-0.1, -0.05) is 78.3 Å². The zero-order chi connectivity index (χ0) is 17.5. The molecular formula is C22H21ClFN. The molecule has 128 valence electrons. The Labute approximate surface area is 153 Å². The molecular weight excluding hydrogens is 333 g/mol. The van der Waals surface area contributed by atoms with Gasteiger partial charge in [0.1, 0.15) is 0 Å². The second-order valence-corrected chi connectivity index (χ2v) is 6.51.